The van der Waals surface area contributed by atoms with E-state index < -0.39 is 6.04 Å². The van der Waals surface area contributed by atoms with Gasteiger partial charge in [-0.15, -0.1) is 0 Å². The number of carbonyl (C=O) groups is 2. The van der Waals surface area contributed by atoms with Crippen molar-refractivity contribution in [1.29, 1.82) is 0 Å². The molecular weight excluding hydrogens is 328 g/mol. The van der Waals surface area contributed by atoms with Crippen LogP contribution in [0.25, 0.3) is 0 Å². The van der Waals surface area contributed by atoms with Gasteiger partial charge in [-0.1, -0.05) is 57.5 Å². The highest BCUT2D eigenvalue weighted by Crippen LogP contribution is 2.35. The number of ether oxygens (including phenoxy) is 1. The van der Waals surface area contributed by atoms with Crippen LogP contribution in [0.5, 0.6) is 0 Å². The Morgan fingerprint density at radius 3 is 2.54 bits per heavy atom. The second-order valence-electron chi connectivity index (χ2n) is 7.79. The van der Waals surface area contributed by atoms with E-state index in [1.165, 1.54) is 6.42 Å². The van der Waals surface area contributed by atoms with Crippen LogP contribution in [0.2, 0.25) is 0 Å². The van der Waals surface area contributed by atoms with E-state index in [1.54, 1.807) is 0 Å². The predicted octanol–water partition coefficient (Wildman–Crippen LogP) is 3.20. The summed E-state index contributed by atoms with van der Waals surface area (Å²) in [6, 6.07) is 9.06. The van der Waals surface area contributed by atoms with Gasteiger partial charge in [0.2, 0.25) is 5.91 Å². The standard InChI is InChI=1S/C21H32N2O3/c1-14(2)17-10-9-15(3)11-19(17)26-21(25)12-18(23-20(24)13-22)16-7-5-4-6-8-16/h4-8,14-15,17-19H,9-13,22H2,1-3H3,(H,23,24)/t15-,17-,18-,19-/m1/s1. The van der Waals surface area contributed by atoms with Gasteiger partial charge in [0.15, 0.2) is 0 Å². The summed E-state index contributed by atoms with van der Waals surface area (Å²) in [6.45, 7) is 6.49. The minimum absolute atomic E-state index is 0.0344. The molecule has 0 heterocycles. The molecule has 26 heavy (non-hydrogen) atoms. The molecule has 5 heteroatoms. The van der Waals surface area contributed by atoms with Crippen molar-refractivity contribution in [2.75, 3.05) is 6.54 Å². The summed E-state index contributed by atoms with van der Waals surface area (Å²) in [4.78, 5) is 24.4. The lowest BCUT2D eigenvalue weighted by molar-refractivity contribution is -0.156. The number of hydrogen-bond donors (Lipinski definition) is 2. The van der Waals surface area contributed by atoms with Crippen molar-refractivity contribution in [2.45, 2.75) is 58.6 Å². The third-order valence-corrected chi connectivity index (χ3v) is 5.34. The van der Waals surface area contributed by atoms with Gasteiger partial charge >= 0.3 is 5.97 Å². The fourth-order valence-electron chi connectivity index (χ4n) is 3.82. The Balaban J connectivity index is 2.04. The Morgan fingerprint density at radius 2 is 1.92 bits per heavy atom. The van der Waals surface area contributed by atoms with E-state index >= 15 is 0 Å². The fourth-order valence-corrected chi connectivity index (χ4v) is 3.82. The third-order valence-electron chi connectivity index (χ3n) is 5.34. The first kappa shape index (κ1) is 20.4. The third kappa shape index (κ3) is 5.84. The number of benzene rings is 1. The molecule has 3 N–H and O–H groups in total. The lowest BCUT2D eigenvalue weighted by Crippen LogP contribution is -2.38. The molecule has 1 amide bonds. The zero-order valence-electron chi connectivity index (χ0n) is 16.1. The maximum Gasteiger partial charge on any atom is 0.308 e. The van der Waals surface area contributed by atoms with Gasteiger partial charge in [0.05, 0.1) is 19.0 Å². The molecule has 0 unspecified atom stereocenters. The van der Waals surface area contributed by atoms with E-state index in [0.29, 0.717) is 17.8 Å². The topological polar surface area (TPSA) is 81.4 Å². The zero-order valence-corrected chi connectivity index (χ0v) is 16.1. The summed E-state index contributed by atoms with van der Waals surface area (Å²) in [5.41, 5.74) is 6.30. The monoisotopic (exact) mass is 360 g/mol. The van der Waals surface area contributed by atoms with Crippen LogP contribution in [0.3, 0.4) is 0 Å². The predicted molar refractivity (Wildman–Crippen MR) is 102 cm³/mol. The van der Waals surface area contributed by atoms with Crippen LogP contribution in [0.1, 0.15) is 58.1 Å². The van der Waals surface area contributed by atoms with Crippen LogP contribution in [-0.4, -0.2) is 24.5 Å². The van der Waals surface area contributed by atoms with Crippen molar-refractivity contribution in [3.05, 3.63) is 35.9 Å². The molecule has 0 aliphatic heterocycles. The van der Waals surface area contributed by atoms with Gasteiger partial charge in [-0.25, -0.2) is 0 Å². The molecule has 0 bridgehead atoms. The van der Waals surface area contributed by atoms with Crippen molar-refractivity contribution < 1.29 is 14.3 Å². The van der Waals surface area contributed by atoms with Gasteiger partial charge in [0, 0.05) is 0 Å². The molecule has 0 spiro atoms. The highest BCUT2D eigenvalue weighted by Gasteiger charge is 2.34. The second-order valence-corrected chi connectivity index (χ2v) is 7.79. The van der Waals surface area contributed by atoms with E-state index in [4.69, 9.17) is 10.5 Å². The van der Waals surface area contributed by atoms with Gasteiger partial charge in [0.25, 0.3) is 0 Å². The van der Waals surface area contributed by atoms with Crippen molar-refractivity contribution in [3.63, 3.8) is 0 Å². The molecule has 1 aliphatic carbocycles. The summed E-state index contributed by atoms with van der Waals surface area (Å²) in [5, 5.41) is 2.83. The smallest absolute Gasteiger partial charge is 0.308 e. The summed E-state index contributed by atoms with van der Waals surface area (Å²) >= 11 is 0. The van der Waals surface area contributed by atoms with Crippen molar-refractivity contribution in [3.8, 4) is 0 Å². The molecule has 1 aliphatic rings. The Bertz CT molecular complexity index is 588. The molecule has 0 radical (unpaired) electrons. The summed E-state index contributed by atoms with van der Waals surface area (Å²) < 4.78 is 5.88. The molecule has 0 saturated heterocycles. The molecule has 2 rings (SSSR count). The average Bonchev–Trinajstić information content (AvgIpc) is 2.61. The Kier molecular flexibility index (Phi) is 7.64. The largest absolute Gasteiger partial charge is 0.462 e. The van der Waals surface area contributed by atoms with Crippen LogP contribution < -0.4 is 11.1 Å². The number of nitrogens with two attached hydrogens (primary N) is 1. The van der Waals surface area contributed by atoms with E-state index in [0.717, 1.165) is 18.4 Å². The molecule has 4 atom stereocenters. The Morgan fingerprint density at radius 1 is 1.23 bits per heavy atom. The van der Waals surface area contributed by atoms with Gasteiger partial charge in [-0.3, -0.25) is 9.59 Å². The minimum atomic E-state index is -0.418. The molecule has 1 aromatic carbocycles. The molecule has 1 aromatic rings. The molecule has 144 valence electrons. The maximum atomic E-state index is 12.6. The molecule has 1 fully saturated rings. The number of hydrogen-bond acceptors (Lipinski definition) is 4. The summed E-state index contributed by atoms with van der Waals surface area (Å²) in [5.74, 6) is 0.926. The van der Waals surface area contributed by atoms with Gasteiger partial charge in [0.1, 0.15) is 6.10 Å². The SMILES string of the molecule is CC(C)[C@H]1CC[C@@H](C)C[C@H]1OC(=O)C[C@@H](NC(=O)CN)c1ccccc1. The molecular formula is C21H32N2O3. The van der Waals surface area contributed by atoms with Crippen LogP contribution in [0, 0.1) is 17.8 Å². The first-order valence-electron chi connectivity index (χ1n) is 9.64. The summed E-state index contributed by atoms with van der Waals surface area (Å²) in [6.07, 6.45) is 3.29. The van der Waals surface area contributed by atoms with Crippen molar-refractivity contribution in [2.24, 2.45) is 23.5 Å². The average molecular weight is 360 g/mol. The van der Waals surface area contributed by atoms with Gasteiger partial charge < -0.3 is 15.8 Å². The fraction of sp³-hybridized carbons (Fsp3) is 0.619. The highest BCUT2D eigenvalue weighted by atomic mass is 16.5. The van der Waals surface area contributed by atoms with E-state index in [1.807, 2.05) is 30.3 Å². The number of carbonyl (C=O) groups excluding carboxylic acids is 2. The van der Waals surface area contributed by atoms with Crippen LogP contribution in [0.4, 0.5) is 0 Å². The lowest BCUT2D eigenvalue weighted by Gasteiger charge is -2.37. The normalized spacial score (nSPS) is 24.1. The number of nitrogens with one attached hydrogen (secondary N) is 1. The molecule has 1 saturated carbocycles. The minimum Gasteiger partial charge on any atom is -0.462 e. The first-order valence-corrected chi connectivity index (χ1v) is 9.64. The number of esters is 1. The highest BCUT2D eigenvalue weighted by molar-refractivity contribution is 5.79. The van der Waals surface area contributed by atoms with Crippen LogP contribution >= 0.6 is 0 Å². The van der Waals surface area contributed by atoms with E-state index in [2.05, 4.69) is 26.1 Å². The second kappa shape index (κ2) is 9.72. The van der Waals surface area contributed by atoms with Crippen LogP contribution in [0.15, 0.2) is 30.3 Å². The quantitative estimate of drug-likeness (QED) is 0.732. The Hall–Kier alpha value is -1.88. The number of rotatable bonds is 7. The van der Waals surface area contributed by atoms with E-state index in [9.17, 15) is 9.59 Å². The van der Waals surface area contributed by atoms with Crippen LogP contribution in [-0.2, 0) is 14.3 Å². The first-order chi connectivity index (χ1) is 12.4. The maximum absolute atomic E-state index is 12.6. The zero-order chi connectivity index (χ0) is 19.1. The Labute approximate surface area is 156 Å². The van der Waals surface area contributed by atoms with Crippen molar-refractivity contribution >= 4 is 11.9 Å². The molecule has 0 aromatic heterocycles. The number of amides is 1. The lowest BCUT2D eigenvalue weighted by atomic mass is 9.75. The van der Waals surface area contributed by atoms with E-state index in [-0.39, 0.29) is 30.9 Å². The van der Waals surface area contributed by atoms with Crippen molar-refractivity contribution in [1.82, 2.24) is 5.32 Å². The summed E-state index contributed by atoms with van der Waals surface area (Å²) in [7, 11) is 0. The van der Waals surface area contributed by atoms with Gasteiger partial charge in [-0.2, -0.15) is 0 Å². The molecule has 5 nitrogen and oxygen atoms in total. The van der Waals surface area contributed by atoms with Gasteiger partial charge in [-0.05, 0) is 36.2 Å².